The maximum Gasteiger partial charge on any atom is 0.326 e. The molecule has 0 saturated carbocycles. The second-order valence-corrected chi connectivity index (χ2v) is 5.18. The van der Waals surface area contributed by atoms with Crippen molar-refractivity contribution in [1.82, 2.24) is 10.3 Å². The summed E-state index contributed by atoms with van der Waals surface area (Å²) in [7, 11) is 0. The number of aliphatic carboxylic acids is 1. The number of carbonyl (C=O) groups is 2. The van der Waals surface area contributed by atoms with Gasteiger partial charge >= 0.3 is 5.97 Å². The number of carboxylic acids is 1. The molecule has 2 aromatic rings. The molecule has 0 spiro atoms. The molecule has 0 aliphatic carbocycles. The van der Waals surface area contributed by atoms with Crippen molar-refractivity contribution in [2.24, 2.45) is 0 Å². The van der Waals surface area contributed by atoms with Gasteiger partial charge in [-0.05, 0) is 29.8 Å². The molecule has 23 heavy (non-hydrogen) atoms. The minimum atomic E-state index is -1.17. The first-order valence-electron chi connectivity index (χ1n) is 6.64. The number of rotatable bonds is 5. The summed E-state index contributed by atoms with van der Waals surface area (Å²) in [6, 6.07) is 10.3. The number of carbonyl (C=O) groups excluding carboxylic acids is 1. The van der Waals surface area contributed by atoms with Gasteiger partial charge in [-0.3, -0.25) is 4.79 Å². The lowest BCUT2D eigenvalue weighted by atomic mass is 10.0. The van der Waals surface area contributed by atoms with Crippen molar-refractivity contribution in [3.63, 3.8) is 0 Å². The Hall–Kier alpha value is -2.91. The Morgan fingerprint density at radius 3 is 2.74 bits per heavy atom. The van der Waals surface area contributed by atoms with Crippen molar-refractivity contribution >= 4 is 23.5 Å². The summed E-state index contributed by atoms with van der Waals surface area (Å²) in [6.45, 7) is 0. The highest BCUT2D eigenvalue weighted by Crippen LogP contribution is 2.09. The zero-order valence-electron chi connectivity index (χ0n) is 11.9. The molecule has 2 N–H and O–H groups in total. The van der Waals surface area contributed by atoms with Gasteiger partial charge in [0.05, 0.1) is 16.7 Å². The van der Waals surface area contributed by atoms with Gasteiger partial charge in [0.25, 0.3) is 5.91 Å². The largest absolute Gasteiger partial charge is 0.480 e. The van der Waals surface area contributed by atoms with E-state index in [-0.39, 0.29) is 12.1 Å². The Kier molecular flexibility index (Phi) is 5.28. The van der Waals surface area contributed by atoms with E-state index in [1.54, 1.807) is 24.3 Å². The topological polar surface area (TPSA) is 103 Å². The van der Waals surface area contributed by atoms with E-state index < -0.39 is 17.9 Å². The number of pyridine rings is 1. The monoisotopic (exact) mass is 329 g/mol. The standard InChI is InChI=1S/C16H12ClN3O3/c17-12-4-5-13(19-9-12)15(21)20-14(16(22)23)7-10-2-1-3-11(6-10)8-18/h1-6,9,14H,7H2,(H,20,21)(H,22,23)/t14-/m0/s1. The summed E-state index contributed by atoms with van der Waals surface area (Å²) in [6.07, 6.45) is 1.37. The van der Waals surface area contributed by atoms with E-state index in [0.29, 0.717) is 16.1 Å². The number of amides is 1. The molecule has 0 bridgehead atoms. The van der Waals surface area contributed by atoms with Crippen LogP contribution in [0, 0.1) is 11.3 Å². The lowest BCUT2D eigenvalue weighted by Gasteiger charge is -2.14. The Balaban J connectivity index is 2.12. The molecule has 1 aromatic carbocycles. The molecule has 1 atom stereocenters. The predicted octanol–water partition coefficient (Wildman–Crippen LogP) is 2.03. The van der Waals surface area contributed by atoms with Crippen LogP contribution in [0.15, 0.2) is 42.6 Å². The van der Waals surface area contributed by atoms with Crippen molar-refractivity contribution in [1.29, 1.82) is 5.26 Å². The molecule has 7 heteroatoms. The summed E-state index contributed by atoms with van der Waals surface area (Å²) in [5.41, 5.74) is 1.14. The zero-order valence-corrected chi connectivity index (χ0v) is 12.6. The Morgan fingerprint density at radius 1 is 1.35 bits per heavy atom. The van der Waals surface area contributed by atoms with Crippen LogP contribution in [-0.2, 0) is 11.2 Å². The van der Waals surface area contributed by atoms with Crippen molar-refractivity contribution in [3.8, 4) is 6.07 Å². The summed E-state index contributed by atoms with van der Waals surface area (Å²) in [5, 5.41) is 20.9. The molecular weight excluding hydrogens is 318 g/mol. The second kappa shape index (κ2) is 7.38. The van der Waals surface area contributed by atoms with Gasteiger partial charge in [-0.25, -0.2) is 9.78 Å². The average molecular weight is 330 g/mol. The minimum absolute atomic E-state index is 0.0597. The van der Waals surface area contributed by atoms with Gasteiger partial charge in [-0.15, -0.1) is 0 Å². The number of nitriles is 1. The first-order valence-corrected chi connectivity index (χ1v) is 7.01. The molecule has 1 amide bonds. The maximum absolute atomic E-state index is 12.1. The molecule has 6 nitrogen and oxygen atoms in total. The summed E-state index contributed by atoms with van der Waals surface area (Å²) < 4.78 is 0. The van der Waals surface area contributed by atoms with Crippen LogP contribution in [0.5, 0.6) is 0 Å². The van der Waals surface area contributed by atoms with Crippen LogP contribution in [0.1, 0.15) is 21.6 Å². The molecule has 1 aromatic heterocycles. The van der Waals surface area contributed by atoms with Crippen molar-refractivity contribution < 1.29 is 14.7 Å². The maximum atomic E-state index is 12.1. The molecule has 1 heterocycles. The average Bonchev–Trinajstić information content (AvgIpc) is 2.54. The zero-order chi connectivity index (χ0) is 16.8. The third kappa shape index (κ3) is 4.53. The van der Waals surface area contributed by atoms with E-state index in [1.165, 1.54) is 18.3 Å². The highest BCUT2D eigenvalue weighted by molar-refractivity contribution is 6.30. The number of aromatic nitrogens is 1. The highest BCUT2D eigenvalue weighted by atomic mass is 35.5. The van der Waals surface area contributed by atoms with E-state index in [0.717, 1.165) is 0 Å². The molecule has 0 saturated heterocycles. The molecule has 0 aliphatic rings. The van der Waals surface area contributed by atoms with Gasteiger partial charge in [0, 0.05) is 12.6 Å². The van der Waals surface area contributed by atoms with E-state index in [1.807, 2.05) is 6.07 Å². The number of hydrogen-bond donors (Lipinski definition) is 2. The van der Waals surface area contributed by atoms with Crippen molar-refractivity contribution in [2.45, 2.75) is 12.5 Å². The fraction of sp³-hybridized carbons (Fsp3) is 0.125. The number of benzene rings is 1. The van der Waals surface area contributed by atoms with E-state index >= 15 is 0 Å². The first kappa shape index (κ1) is 16.5. The quantitative estimate of drug-likeness (QED) is 0.873. The van der Waals surface area contributed by atoms with E-state index in [9.17, 15) is 14.7 Å². The molecule has 2 rings (SSSR count). The van der Waals surface area contributed by atoms with Crippen LogP contribution in [0.4, 0.5) is 0 Å². The smallest absolute Gasteiger partial charge is 0.326 e. The lowest BCUT2D eigenvalue weighted by molar-refractivity contribution is -0.139. The first-order chi connectivity index (χ1) is 11.0. The number of nitrogens with zero attached hydrogens (tertiary/aromatic N) is 2. The van der Waals surface area contributed by atoms with Gasteiger partial charge in [0.15, 0.2) is 0 Å². The summed E-state index contributed by atoms with van der Waals surface area (Å²) in [4.78, 5) is 27.3. The second-order valence-electron chi connectivity index (χ2n) is 4.74. The third-order valence-electron chi connectivity index (χ3n) is 3.06. The number of carboxylic acid groups (broad SMARTS) is 1. The Morgan fingerprint density at radius 2 is 2.13 bits per heavy atom. The summed E-state index contributed by atoms with van der Waals surface area (Å²) >= 11 is 5.69. The number of hydrogen-bond acceptors (Lipinski definition) is 4. The minimum Gasteiger partial charge on any atom is -0.480 e. The molecular formula is C16H12ClN3O3. The Labute approximate surface area is 137 Å². The molecule has 0 aliphatic heterocycles. The van der Waals surface area contributed by atoms with Crippen LogP contribution in [0.2, 0.25) is 5.02 Å². The normalized spacial score (nSPS) is 11.3. The van der Waals surface area contributed by atoms with Gasteiger partial charge in [0.1, 0.15) is 11.7 Å². The number of nitrogens with one attached hydrogen (secondary N) is 1. The SMILES string of the molecule is N#Cc1cccc(C[C@H](NC(=O)c2ccc(Cl)cn2)C(=O)O)c1. The van der Waals surface area contributed by atoms with Gasteiger partial charge in [0.2, 0.25) is 0 Å². The molecule has 116 valence electrons. The van der Waals surface area contributed by atoms with Gasteiger partial charge < -0.3 is 10.4 Å². The molecule has 0 fully saturated rings. The predicted molar refractivity (Wildman–Crippen MR) is 83.0 cm³/mol. The van der Waals surface area contributed by atoms with E-state index in [4.69, 9.17) is 16.9 Å². The van der Waals surface area contributed by atoms with Crippen LogP contribution in [0.25, 0.3) is 0 Å². The summed E-state index contributed by atoms with van der Waals surface area (Å²) in [5.74, 6) is -1.78. The molecule has 0 unspecified atom stereocenters. The van der Waals surface area contributed by atoms with Crippen molar-refractivity contribution in [2.75, 3.05) is 0 Å². The van der Waals surface area contributed by atoms with E-state index in [2.05, 4.69) is 10.3 Å². The highest BCUT2D eigenvalue weighted by Gasteiger charge is 2.21. The Bertz CT molecular complexity index is 769. The van der Waals surface area contributed by atoms with Crippen LogP contribution in [0.3, 0.4) is 0 Å². The molecule has 0 radical (unpaired) electrons. The van der Waals surface area contributed by atoms with Crippen LogP contribution in [-0.4, -0.2) is 28.0 Å². The van der Waals surface area contributed by atoms with Gasteiger partial charge in [-0.2, -0.15) is 5.26 Å². The fourth-order valence-corrected chi connectivity index (χ4v) is 2.06. The fourth-order valence-electron chi connectivity index (χ4n) is 1.95. The van der Waals surface area contributed by atoms with Crippen LogP contribution < -0.4 is 5.32 Å². The van der Waals surface area contributed by atoms with Crippen LogP contribution >= 0.6 is 11.6 Å². The van der Waals surface area contributed by atoms with Crippen molar-refractivity contribution in [3.05, 3.63) is 64.4 Å². The lowest BCUT2D eigenvalue weighted by Crippen LogP contribution is -2.42. The third-order valence-corrected chi connectivity index (χ3v) is 3.28. The number of halogens is 1. The van der Waals surface area contributed by atoms with Gasteiger partial charge in [-0.1, -0.05) is 23.7 Å².